The zero-order chi connectivity index (χ0) is 7.02. The first-order valence-electron chi connectivity index (χ1n) is 2.20. The van der Waals surface area contributed by atoms with Gasteiger partial charge in [-0.25, -0.2) is 4.79 Å². The fourth-order valence-corrected chi connectivity index (χ4v) is 0.440. The standard InChI is InChI=1S/C4H3N2O3/c1-6-3(8)2(7)5-4(6)9/h1H3. The van der Waals surface area contributed by atoms with E-state index in [4.69, 9.17) is 0 Å². The van der Waals surface area contributed by atoms with Gasteiger partial charge in [0.1, 0.15) is 0 Å². The Bertz CT molecular complexity index is 198. The highest BCUT2D eigenvalue weighted by molar-refractivity contribution is 6.44. The average Bonchev–Trinajstić information content (AvgIpc) is 1.98. The van der Waals surface area contributed by atoms with Gasteiger partial charge in [-0.2, -0.15) is 0 Å². The third-order valence-corrected chi connectivity index (χ3v) is 0.972. The normalized spacial score (nSPS) is 18.8. The van der Waals surface area contributed by atoms with Crippen LogP contribution in [-0.4, -0.2) is 29.8 Å². The smallest absolute Gasteiger partial charge is 0.263 e. The van der Waals surface area contributed by atoms with E-state index in [1.165, 1.54) is 7.05 Å². The zero-order valence-electron chi connectivity index (χ0n) is 4.62. The number of imide groups is 2. The summed E-state index contributed by atoms with van der Waals surface area (Å²) in [4.78, 5) is 31.6. The Balaban J connectivity index is 2.90. The van der Waals surface area contributed by atoms with Crippen molar-refractivity contribution in [3.63, 3.8) is 0 Å². The number of nitrogens with zero attached hydrogens (tertiary/aromatic N) is 2. The molecule has 0 saturated carbocycles. The fourth-order valence-electron chi connectivity index (χ4n) is 0.440. The lowest BCUT2D eigenvalue weighted by molar-refractivity contribution is -0.139. The van der Waals surface area contributed by atoms with Crippen molar-refractivity contribution < 1.29 is 14.4 Å². The topological polar surface area (TPSA) is 68.6 Å². The van der Waals surface area contributed by atoms with Crippen LogP contribution < -0.4 is 5.32 Å². The molecule has 0 aliphatic carbocycles. The molecule has 0 aromatic heterocycles. The van der Waals surface area contributed by atoms with Crippen LogP contribution in [0.2, 0.25) is 0 Å². The van der Waals surface area contributed by atoms with E-state index in [0.717, 1.165) is 0 Å². The number of likely N-dealkylation sites (N-methyl/N-ethyl adjacent to an activating group) is 1. The van der Waals surface area contributed by atoms with Crippen LogP contribution in [0.1, 0.15) is 0 Å². The molecule has 1 aliphatic heterocycles. The molecule has 1 heterocycles. The Morgan fingerprint density at radius 3 is 2.00 bits per heavy atom. The molecule has 9 heavy (non-hydrogen) atoms. The van der Waals surface area contributed by atoms with Gasteiger partial charge < -0.3 is 0 Å². The first kappa shape index (κ1) is 5.74. The van der Waals surface area contributed by atoms with Gasteiger partial charge in [0.15, 0.2) is 0 Å². The van der Waals surface area contributed by atoms with Crippen LogP contribution in [0, 0.1) is 0 Å². The van der Waals surface area contributed by atoms with E-state index in [1.807, 2.05) is 0 Å². The van der Waals surface area contributed by atoms with Crippen molar-refractivity contribution in [1.82, 2.24) is 10.2 Å². The highest BCUT2D eigenvalue weighted by Gasteiger charge is 2.35. The molecule has 47 valence electrons. The van der Waals surface area contributed by atoms with Gasteiger partial charge in [0.2, 0.25) is 0 Å². The Morgan fingerprint density at radius 1 is 1.33 bits per heavy atom. The molecule has 4 amide bonds. The van der Waals surface area contributed by atoms with E-state index >= 15 is 0 Å². The summed E-state index contributed by atoms with van der Waals surface area (Å²) in [5, 5.41) is 2.85. The molecular formula is C4H3N2O3. The van der Waals surface area contributed by atoms with Gasteiger partial charge in [0.25, 0.3) is 0 Å². The van der Waals surface area contributed by atoms with Crippen LogP contribution in [0.4, 0.5) is 4.79 Å². The van der Waals surface area contributed by atoms with Crippen LogP contribution in [0.5, 0.6) is 0 Å². The molecular weight excluding hydrogens is 124 g/mol. The van der Waals surface area contributed by atoms with Crippen molar-refractivity contribution in [1.29, 1.82) is 0 Å². The summed E-state index contributed by atoms with van der Waals surface area (Å²) in [5.41, 5.74) is 0. The highest BCUT2D eigenvalue weighted by Crippen LogP contribution is 1.96. The molecule has 1 saturated heterocycles. The quantitative estimate of drug-likeness (QED) is 0.300. The van der Waals surface area contributed by atoms with Crippen LogP contribution >= 0.6 is 0 Å². The largest absolute Gasteiger partial charge is 0.353 e. The summed E-state index contributed by atoms with van der Waals surface area (Å²) in [5.74, 6) is -1.84. The van der Waals surface area contributed by atoms with Crippen molar-refractivity contribution in [3.8, 4) is 0 Å². The van der Waals surface area contributed by atoms with E-state index < -0.39 is 17.8 Å². The molecule has 1 radical (unpaired) electrons. The Morgan fingerprint density at radius 2 is 1.89 bits per heavy atom. The summed E-state index contributed by atoms with van der Waals surface area (Å²) in [6.45, 7) is 0. The molecule has 0 unspecified atom stereocenters. The third kappa shape index (κ3) is 0.658. The molecule has 0 aromatic carbocycles. The second-order valence-electron chi connectivity index (χ2n) is 1.56. The van der Waals surface area contributed by atoms with Crippen molar-refractivity contribution in [2.45, 2.75) is 0 Å². The number of hydrogen-bond acceptors (Lipinski definition) is 3. The zero-order valence-corrected chi connectivity index (χ0v) is 4.62. The predicted octanol–water partition coefficient (Wildman–Crippen LogP) is -1.29. The van der Waals surface area contributed by atoms with E-state index in [2.05, 4.69) is 5.32 Å². The fraction of sp³-hybridized carbons (Fsp3) is 0.250. The first-order valence-corrected chi connectivity index (χ1v) is 2.20. The summed E-state index contributed by atoms with van der Waals surface area (Å²) >= 11 is 0. The maximum Gasteiger partial charge on any atom is 0.353 e. The summed E-state index contributed by atoms with van der Waals surface area (Å²) in [6.07, 6.45) is 0. The lowest BCUT2D eigenvalue weighted by Crippen LogP contribution is -2.25. The number of amides is 4. The third-order valence-electron chi connectivity index (χ3n) is 0.972. The van der Waals surface area contributed by atoms with Crippen LogP contribution in [-0.2, 0) is 9.59 Å². The van der Waals surface area contributed by atoms with E-state index in [1.54, 1.807) is 0 Å². The van der Waals surface area contributed by atoms with E-state index in [9.17, 15) is 14.4 Å². The molecule has 0 atom stereocenters. The number of carbonyl (C=O) groups excluding carboxylic acids is 3. The van der Waals surface area contributed by atoms with E-state index in [-0.39, 0.29) is 0 Å². The molecule has 1 rings (SSSR count). The van der Waals surface area contributed by atoms with Gasteiger partial charge >= 0.3 is 17.8 Å². The molecule has 0 N–H and O–H groups in total. The van der Waals surface area contributed by atoms with Gasteiger partial charge in [-0.15, -0.1) is 5.32 Å². The number of rotatable bonds is 0. The summed E-state index contributed by atoms with van der Waals surface area (Å²) in [7, 11) is 1.21. The van der Waals surface area contributed by atoms with Crippen molar-refractivity contribution >= 4 is 17.8 Å². The molecule has 5 heteroatoms. The van der Waals surface area contributed by atoms with Gasteiger partial charge in [0, 0.05) is 7.05 Å². The maximum absolute atomic E-state index is 10.4. The lowest BCUT2D eigenvalue weighted by atomic mass is 10.6. The van der Waals surface area contributed by atoms with Crippen LogP contribution in [0.3, 0.4) is 0 Å². The van der Waals surface area contributed by atoms with Crippen molar-refractivity contribution in [2.75, 3.05) is 7.05 Å². The van der Waals surface area contributed by atoms with Gasteiger partial charge in [-0.3, -0.25) is 14.5 Å². The Labute approximate surface area is 50.6 Å². The van der Waals surface area contributed by atoms with Crippen LogP contribution in [0.15, 0.2) is 0 Å². The average molecular weight is 127 g/mol. The van der Waals surface area contributed by atoms with Crippen molar-refractivity contribution in [3.05, 3.63) is 0 Å². The monoisotopic (exact) mass is 127 g/mol. The molecule has 0 aromatic rings. The first-order chi connectivity index (χ1) is 4.13. The minimum atomic E-state index is -0.984. The predicted molar refractivity (Wildman–Crippen MR) is 25.3 cm³/mol. The number of carbonyl (C=O) groups is 3. The number of hydrogen-bond donors (Lipinski definition) is 0. The molecule has 0 bridgehead atoms. The van der Waals surface area contributed by atoms with E-state index in [0.29, 0.717) is 4.90 Å². The van der Waals surface area contributed by atoms with Crippen LogP contribution in [0.25, 0.3) is 0 Å². The van der Waals surface area contributed by atoms with Gasteiger partial charge in [-0.05, 0) is 0 Å². The Kier molecular flexibility index (Phi) is 0.985. The molecule has 5 nitrogen and oxygen atoms in total. The highest BCUT2D eigenvalue weighted by atomic mass is 16.2. The number of urea groups is 1. The van der Waals surface area contributed by atoms with Crippen molar-refractivity contribution in [2.24, 2.45) is 0 Å². The SMILES string of the molecule is CN1C(=O)[N]C(=O)C1=O. The Hall–Kier alpha value is -1.39. The van der Waals surface area contributed by atoms with Gasteiger partial charge in [-0.1, -0.05) is 0 Å². The minimum absolute atomic E-state index is 0.669. The lowest BCUT2D eigenvalue weighted by Gasteiger charge is -1.96. The second-order valence-corrected chi connectivity index (χ2v) is 1.56. The molecule has 0 spiro atoms. The maximum atomic E-state index is 10.4. The molecule has 1 aliphatic rings. The second kappa shape index (κ2) is 1.54. The van der Waals surface area contributed by atoms with Gasteiger partial charge in [0.05, 0.1) is 0 Å². The summed E-state index contributed by atoms with van der Waals surface area (Å²) < 4.78 is 0. The molecule has 1 fully saturated rings. The summed E-state index contributed by atoms with van der Waals surface area (Å²) in [6, 6.07) is -0.787. The minimum Gasteiger partial charge on any atom is -0.263 e.